The van der Waals surface area contributed by atoms with Gasteiger partial charge in [0.1, 0.15) is 0 Å². The van der Waals surface area contributed by atoms with Crippen molar-refractivity contribution in [2.45, 2.75) is 45.2 Å². The number of likely N-dealkylation sites (N-methyl/N-ethyl adjacent to an activating group) is 1. The van der Waals surface area contributed by atoms with Gasteiger partial charge in [-0.05, 0) is 45.9 Å². The van der Waals surface area contributed by atoms with Crippen LogP contribution in [0.1, 0.15) is 33.1 Å². The van der Waals surface area contributed by atoms with E-state index in [2.05, 4.69) is 30.7 Å². The van der Waals surface area contributed by atoms with Crippen LogP contribution in [-0.2, 0) is 0 Å². The first kappa shape index (κ1) is 13.9. The van der Waals surface area contributed by atoms with E-state index in [0.29, 0.717) is 11.0 Å². The molecule has 1 unspecified atom stereocenters. The fourth-order valence-corrected chi connectivity index (χ4v) is 2.92. The van der Waals surface area contributed by atoms with E-state index in [9.17, 15) is 0 Å². The quantitative estimate of drug-likeness (QED) is 0.741. The number of piperidine rings is 1. The summed E-state index contributed by atoms with van der Waals surface area (Å²) in [6, 6.07) is 0.919. The normalized spacial score (nSPS) is 21.2. The lowest BCUT2D eigenvalue weighted by Crippen LogP contribution is -2.50. The van der Waals surface area contributed by atoms with Crippen molar-refractivity contribution in [3.05, 3.63) is 0 Å². The number of hydrogen-bond donors (Lipinski definition) is 1. The Hall–Kier alpha value is -0.190. The van der Waals surface area contributed by atoms with Crippen molar-refractivity contribution in [2.75, 3.05) is 26.7 Å². The topological polar surface area (TPSA) is 32.5 Å². The van der Waals surface area contributed by atoms with E-state index in [1.807, 2.05) is 0 Å². The molecule has 0 spiro atoms. The minimum Gasteiger partial charge on any atom is -0.392 e. The highest BCUT2D eigenvalue weighted by Crippen LogP contribution is 2.18. The zero-order chi connectivity index (χ0) is 12.1. The van der Waals surface area contributed by atoms with Crippen molar-refractivity contribution in [1.82, 2.24) is 9.80 Å². The van der Waals surface area contributed by atoms with Crippen LogP contribution in [0.4, 0.5) is 0 Å². The molecule has 1 atom stereocenters. The maximum absolute atomic E-state index is 5.79. The van der Waals surface area contributed by atoms with Crippen molar-refractivity contribution in [3.8, 4) is 0 Å². The molecule has 0 bridgehead atoms. The van der Waals surface area contributed by atoms with E-state index in [0.717, 1.165) is 6.42 Å². The van der Waals surface area contributed by atoms with Gasteiger partial charge in [-0.3, -0.25) is 4.90 Å². The van der Waals surface area contributed by atoms with E-state index >= 15 is 0 Å². The van der Waals surface area contributed by atoms with Crippen molar-refractivity contribution < 1.29 is 0 Å². The SMILES string of the molecule is CCC(C(N)=S)N(C)C1CCN(CC)CC1. The summed E-state index contributed by atoms with van der Waals surface area (Å²) in [6.07, 6.45) is 3.49. The summed E-state index contributed by atoms with van der Waals surface area (Å²) in [6.45, 7) is 7.97. The van der Waals surface area contributed by atoms with Gasteiger partial charge in [-0.2, -0.15) is 0 Å². The number of nitrogens with zero attached hydrogens (tertiary/aromatic N) is 2. The van der Waals surface area contributed by atoms with Gasteiger partial charge in [-0.15, -0.1) is 0 Å². The smallest absolute Gasteiger partial charge is 0.0901 e. The number of nitrogens with two attached hydrogens (primary N) is 1. The second-order valence-corrected chi connectivity index (χ2v) is 5.13. The van der Waals surface area contributed by atoms with Crippen LogP contribution in [0.15, 0.2) is 0 Å². The van der Waals surface area contributed by atoms with Crippen LogP contribution in [0.25, 0.3) is 0 Å². The molecule has 0 amide bonds. The van der Waals surface area contributed by atoms with Gasteiger partial charge in [0.15, 0.2) is 0 Å². The number of hydrogen-bond acceptors (Lipinski definition) is 3. The van der Waals surface area contributed by atoms with Crippen LogP contribution in [0, 0.1) is 0 Å². The highest BCUT2D eigenvalue weighted by Gasteiger charge is 2.26. The number of thiocarbonyl (C=S) groups is 1. The highest BCUT2D eigenvalue weighted by molar-refractivity contribution is 7.80. The summed E-state index contributed by atoms with van der Waals surface area (Å²) in [5.41, 5.74) is 5.79. The first-order valence-electron chi connectivity index (χ1n) is 6.33. The summed E-state index contributed by atoms with van der Waals surface area (Å²) >= 11 is 5.13. The second-order valence-electron chi connectivity index (χ2n) is 4.66. The van der Waals surface area contributed by atoms with E-state index < -0.39 is 0 Å². The minimum atomic E-state index is 0.271. The Labute approximate surface area is 105 Å². The molecular weight excluding hydrogens is 218 g/mol. The molecule has 1 aliphatic rings. The molecule has 0 aromatic carbocycles. The van der Waals surface area contributed by atoms with Crippen LogP contribution in [0.5, 0.6) is 0 Å². The van der Waals surface area contributed by atoms with Crippen molar-refractivity contribution in [2.24, 2.45) is 5.73 Å². The lowest BCUT2D eigenvalue weighted by Gasteiger charge is -2.39. The van der Waals surface area contributed by atoms with Crippen LogP contribution in [0.2, 0.25) is 0 Å². The lowest BCUT2D eigenvalue weighted by molar-refractivity contribution is 0.117. The Morgan fingerprint density at radius 2 is 2.00 bits per heavy atom. The molecule has 1 fully saturated rings. The third kappa shape index (κ3) is 3.40. The van der Waals surface area contributed by atoms with Gasteiger partial charge in [0.2, 0.25) is 0 Å². The molecule has 2 N–H and O–H groups in total. The first-order valence-corrected chi connectivity index (χ1v) is 6.74. The summed E-state index contributed by atoms with van der Waals surface area (Å²) in [7, 11) is 2.17. The van der Waals surface area contributed by atoms with Crippen LogP contribution < -0.4 is 5.73 Å². The Morgan fingerprint density at radius 1 is 1.44 bits per heavy atom. The molecule has 1 heterocycles. The van der Waals surface area contributed by atoms with Gasteiger partial charge in [0.05, 0.1) is 11.0 Å². The molecule has 4 heteroatoms. The Bertz CT molecular complexity index is 224. The average molecular weight is 243 g/mol. The predicted molar refractivity (Wildman–Crippen MR) is 73.8 cm³/mol. The lowest BCUT2D eigenvalue weighted by atomic mass is 10.0. The summed E-state index contributed by atoms with van der Waals surface area (Å²) in [5, 5.41) is 0. The van der Waals surface area contributed by atoms with E-state index in [-0.39, 0.29) is 6.04 Å². The molecule has 94 valence electrons. The highest BCUT2D eigenvalue weighted by atomic mass is 32.1. The molecule has 0 aromatic heterocycles. The molecule has 1 aliphatic heterocycles. The maximum atomic E-state index is 5.79. The number of rotatable bonds is 5. The third-order valence-electron chi connectivity index (χ3n) is 3.79. The predicted octanol–water partition coefficient (Wildman–Crippen LogP) is 1.47. The Kier molecular flexibility index (Phi) is 5.66. The van der Waals surface area contributed by atoms with Crippen molar-refractivity contribution >= 4 is 17.2 Å². The second kappa shape index (κ2) is 6.52. The molecule has 0 radical (unpaired) electrons. The Balaban J connectivity index is 2.48. The van der Waals surface area contributed by atoms with Gasteiger partial charge in [-0.1, -0.05) is 26.1 Å². The molecular formula is C12H25N3S. The first-order chi connectivity index (χ1) is 7.60. The van der Waals surface area contributed by atoms with Gasteiger partial charge in [0.25, 0.3) is 0 Å². The summed E-state index contributed by atoms with van der Waals surface area (Å²) < 4.78 is 0. The third-order valence-corrected chi connectivity index (χ3v) is 4.06. The number of likely N-dealkylation sites (tertiary alicyclic amines) is 1. The van der Waals surface area contributed by atoms with Crippen molar-refractivity contribution in [1.29, 1.82) is 0 Å². The maximum Gasteiger partial charge on any atom is 0.0901 e. The standard InChI is InChI=1S/C12H25N3S/c1-4-11(12(13)16)14(3)10-6-8-15(5-2)9-7-10/h10-11H,4-9H2,1-3H3,(H2,13,16). The van der Waals surface area contributed by atoms with Crippen LogP contribution >= 0.6 is 12.2 Å². The summed E-state index contributed by atoms with van der Waals surface area (Å²) in [5.74, 6) is 0. The van der Waals surface area contributed by atoms with Crippen LogP contribution in [0.3, 0.4) is 0 Å². The molecule has 3 nitrogen and oxygen atoms in total. The largest absolute Gasteiger partial charge is 0.392 e. The van der Waals surface area contributed by atoms with Gasteiger partial charge in [0, 0.05) is 6.04 Å². The molecule has 1 rings (SSSR count). The van der Waals surface area contributed by atoms with E-state index in [1.54, 1.807) is 0 Å². The van der Waals surface area contributed by atoms with E-state index in [4.69, 9.17) is 18.0 Å². The fraction of sp³-hybridized carbons (Fsp3) is 0.917. The zero-order valence-electron chi connectivity index (χ0n) is 10.8. The fourth-order valence-electron chi connectivity index (χ4n) is 2.59. The molecule has 16 heavy (non-hydrogen) atoms. The van der Waals surface area contributed by atoms with Crippen molar-refractivity contribution in [3.63, 3.8) is 0 Å². The molecule has 0 aromatic rings. The molecule has 1 saturated heterocycles. The van der Waals surface area contributed by atoms with Crippen LogP contribution in [-0.4, -0.2) is 53.6 Å². The zero-order valence-corrected chi connectivity index (χ0v) is 11.6. The van der Waals surface area contributed by atoms with E-state index in [1.165, 1.54) is 32.5 Å². The Morgan fingerprint density at radius 3 is 2.38 bits per heavy atom. The monoisotopic (exact) mass is 243 g/mol. The molecule has 0 saturated carbocycles. The summed E-state index contributed by atoms with van der Waals surface area (Å²) in [4.78, 5) is 5.53. The average Bonchev–Trinajstić information content (AvgIpc) is 2.29. The van der Waals surface area contributed by atoms with Gasteiger partial charge < -0.3 is 10.6 Å². The van der Waals surface area contributed by atoms with Gasteiger partial charge >= 0.3 is 0 Å². The van der Waals surface area contributed by atoms with Gasteiger partial charge in [-0.25, -0.2) is 0 Å². The minimum absolute atomic E-state index is 0.271. The molecule has 0 aliphatic carbocycles.